The topological polar surface area (TPSA) is 82.5 Å². The molecule has 1 aromatic carbocycles. The number of thiazole rings is 1. The first-order valence-corrected chi connectivity index (χ1v) is 7.29. The number of carboxylic acid groups (broad SMARTS) is 1. The predicted molar refractivity (Wildman–Crippen MR) is 80.3 cm³/mol. The second kappa shape index (κ2) is 5.17. The monoisotopic (exact) mass is 303 g/mol. The molecule has 2 heterocycles. The van der Waals surface area contributed by atoms with E-state index in [0.717, 1.165) is 17.7 Å². The first-order chi connectivity index (χ1) is 10.0. The minimum atomic E-state index is -0.999. The van der Waals surface area contributed by atoms with E-state index in [1.807, 2.05) is 12.3 Å². The average Bonchev–Trinajstić information content (AvgIpc) is 3.04. The summed E-state index contributed by atoms with van der Waals surface area (Å²) >= 11 is 1.36. The summed E-state index contributed by atoms with van der Waals surface area (Å²) in [6.07, 6.45) is 0.722. The fraction of sp³-hybridized carbons (Fsp3) is 0.214. The molecule has 1 aromatic heterocycles. The minimum Gasteiger partial charge on any atom is -0.478 e. The fourth-order valence-electron chi connectivity index (χ4n) is 2.29. The molecule has 1 aliphatic heterocycles. The smallest absolute Gasteiger partial charge is 0.335 e. The zero-order valence-corrected chi connectivity index (χ0v) is 12.1. The summed E-state index contributed by atoms with van der Waals surface area (Å²) in [7, 11) is 0. The summed E-state index contributed by atoms with van der Waals surface area (Å²) in [6, 6.07) is 4.58. The number of fused-ring (bicyclic) bond motifs is 1. The normalized spacial score (nSPS) is 13.1. The number of carbonyl (C=O) groups is 2. The quantitative estimate of drug-likeness (QED) is 0.893. The van der Waals surface area contributed by atoms with Crippen molar-refractivity contribution in [3.05, 3.63) is 40.4 Å². The fourth-order valence-corrected chi connectivity index (χ4v) is 2.97. The largest absolute Gasteiger partial charge is 0.478 e. The van der Waals surface area contributed by atoms with Crippen LogP contribution in [-0.2, 0) is 6.42 Å². The van der Waals surface area contributed by atoms with Crippen LogP contribution in [-0.4, -0.2) is 28.6 Å². The molecule has 0 saturated carbocycles. The van der Waals surface area contributed by atoms with Crippen molar-refractivity contribution in [2.45, 2.75) is 13.3 Å². The first-order valence-electron chi connectivity index (χ1n) is 6.41. The number of aromatic carboxylic acids is 1. The number of carbonyl (C=O) groups excluding carboxylic acids is 1. The maximum absolute atomic E-state index is 12.3. The van der Waals surface area contributed by atoms with Crippen LogP contribution < -0.4 is 10.2 Å². The van der Waals surface area contributed by atoms with Gasteiger partial charge in [0.2, 0.25) is 0 Å². The molecule has 1 aliphatic rings. The minimum absolute atomic E-state index is 0.179. The Labute approximate surface area is 125 Å². The summed E-state index contributed by atoms with van der Waals surface area (Å²) in [6.45, 7) is 2.39. The van der Waals surface area contributed by atoms with E-state index < -0.39 is 5.97 Å². The molecule has 3 rings (SSSR count). The third kappa shape index (κ3) is 2.59. The van der Waals surface area contributed by atoms with Crippen molar-refractivity contribution in [3.63, 3.8) is 0 Å². The van der Waals surface area contributed by atoms with Crippen LogP contribution in [0.2, 0.25) is 0 Å². The van der Waals surface area contributed by atoms with Crippen molar-refractivity contribution in [2.24, 2.45) is 0 Å². The van der Waals surface area contributed by atoms with Crippen molar-refractivity contribution in [3.8, 4) is 0 Å². The van der Waals surface area contributed by atoms with E-state index in [9.17, 15) is 9.59 Å². The second-order valence-corrected chi connectivity index (χ2v) is 5.63. The number of hydrogen-bond acceptors (Lipinski definition) is 4. The van der Waals surface area contributed by atoms with Crippen LogP contribution in [0.25, 0.3) is 0 Å². The zero-order chi connectivity index (χ0) is 15.0. The van der Waals surface area contributed by atoms with Crippen LogP contribution in [0.1, 0.15) is 21.6 Å². The zero-order valence-electron chi connectivity index (χ0n) is 11.3. The number of urea groups is 1. The highest BCUT2D eigenvalue weighted by molar-refractivity contribution is 7.13. The van der Waals surface area contributed by atoms with Gasteiger partial charge in [0, 0.05) is 17.6 Å². The lowest BCUT2D eigenvalue weighted by Gasteiger charge is -2.17. The molecule has 0 aliphatic carbocycles. The third-order valence-electron chi connectivity index (χ3n) is 3.31. The number of carboxylic acids is 1. The van der Waals surface area contributed by atoms with Gasteiger partial charge in [0.15, 0.2) is 5.13 Å². The van der Waals surface area contributed by atoms with Gasteiger partial charge in [-0.25, -0.2) is 14.6 Å². The van der Waals surface area contributed by atoms with Gasteiger partial charge in [-0.2, -0.15) is 0 Å². The Kier molecular flexibility index (Phi) is 3.34. The molecule has 0 radical (unpaired) electrons. The Bertz CT molecular complexity index is 726. The average molecular weight is 303 g/mol. The maximum Gasteiger partial charge on any atom is 0.335 e. The number of aromatic nitrogens is 1. The van der Waals surface area contributed by atoms with Crippen molar-refractivity contribution in [2.75, 3.05) is 16.8 Å². The number of nitrogens with zero attached hydrogens (tertiary/aromatic N) is 2. The summed E-state index contributed by atoms with van der Waals surface area (Å²) in [5.74, 6) is -0.999. The second-order valence-electron chi connectivity index (χ2n) is 4.77. The molecule has 0 fully saturated rings. The highest BCUT2D eigenvalue weighted by Crippen LogP contribution is 2.30. The Morgan fingerprint density at radius 1 is 1.43 bits per heavy atom. The first kappa shape index (κ1) is 13.6. The van der Waals surface area contributed by atoms with Gasteiger partial charge < -0.3 is 5.11 Å². The summed E-state index contributed by atoms with van der Waals surface area (Å²) < 4.78 is 0. The van der Waals surface area contributed by atoms with E-state index in [0.29, 0.717) is 17.4 Å². The highest BCUT2D eigenvalue weighted by atomic mass is 32.1. The van der Waals surface area contributed by atoms with Gasteiger partial charge >= 0.3 is 12.0 Å². The molecule has 6 nitrogen and oxygen atoms in total. The lowest BCUT2D eigenvalue weighted by atomic mass is 10.1. The number of aryl methyl sites for hydroxylation is 1. The number of rotatable bonds is 2. The van der Waals surface area contributed by atoms with Crippen molar-refractivity contribution < 1.29 is 14.7 Å². The van der Waals surface area contributed by atoms with Crippen LogP contribution in [0.4, 0.5) is 15.6 Å². The van der Waals surface area contributed by atoms with E-state index >= 15 is 0 Å². The molecule has 0 atom stereocenters. The molecule has 0 unspecified atom stereocenters. The molecule has 0 saturated heterocycles. The van der Waals surface area contributed by atoms with Crippen molar-refractivity contribution >= 4 is 34.2 Å². The van der Waals surface area contributed by atoms with E-state index in [-0.39, 0.29) is 11.6 Å². The Morgan fingerprint density at radius 2 is 2.24 bits per heavy atom. The molecule has 0 spiro atoms. The molecule has 2 amide bonds. The number of hydrogen-bond donors (Lipinski definition) is 2. The van der Waals surface area contributed by atoms with Gasteiger partial charge in [-0.15, -0.1) is 11.3 Å². The van der Waals surface area contributed by atoms with Crippen LogP contribution in [0.5, 0.6) is 0 Å². The number of anilines is 2. The van der Waals surface area contributed by atoms with Crippen LogP contribution in [0.15, 0.2) is 23.6 Å². The molecular weight excluding hydrogens is 290 g/mol. The van der Waals surface area contributed by atoms with Crippen LogP contribution >= 0.6 is 11.3 Å². The molecule has 2 aromatic rings. The van der Waals surface area contributed by atoms with Gasteiger partial charge in [-0.3, -0.25) is 10.2 Å². The summed E-state index contributed by atoms with van der Waals surface area (Å²) in [4.78, 5) is 29.1. The third-order valence-corrected chi connectivity index (χ3v) is 4.18. The van der Waals surface area contributed by atoms with Crippen LogP contribution in [0.3, 0.4) is 0 Å². The Balaban J connectivity index is 1.84. The standard InChI is InChI=1S/C14H13N3O3S/c1-8-7-21-13(15-8)16-14(20)17-5-4-9-2-3-10(12(18)19)6-11(9)17/h2-3,6-7H,4-5H2,1H3,(H,18,19)(H,15,16,20). The molecule has 0 bridgehead atoms. The van der Waals surface area contributed by atoms with Gasteiger partial charge in [0.25, 0.3) is 0 Å². The number of benzene rings is 1. The van der Waals surface area contributed by atoms with Crippen molar-refractivity contribution in [1.82, 2.24) is 4.98 Å². The lowest BCUT2D eigenvalue weighted by Crippen LogP contribution is -2.33. The maximum atomic E-state index is 12.3. The number of amides is 2. The number of nitrogens with one attached hydrogen (secondary N) is 1. The molecular formula is C14H13N3O3S. The van der Waals surface area contributed by atoms with E-state index in [2.05, 4.69) is 10.3 Å². The SMILES string of the molecule is Cc1csc(NC(=O)N2CCc3ccc(C(=O)O)cc32)n1. The van der Waals surface area contributed by atoms with Gasteiger partial charge in [-0.05, 0) is 31.0 Å². The van der Waals surface area contributed by atoms with E-state index in [1.165, 1.54) is 17.4 Å². The molecule has 108 valence electrons. The molecule has 7 heteroatoms. The Hall–Kier alpha value is -2.41. The molecule has 21 heavy (non-hydrogen) atoms. The van der Waals surface area contributed by atoms with Crippen LogP contribution in [0, 0.1) is 6.92 Å². The van der Waals surface area contributed by atoms with Gasteiger partial charge in [-0.1, -0.05) is 6.07 Å². The van der Waals surface area contributed by atoms with Crippen molar-refractivity contribution in [1.29, 1.82) is 0 Å². The predicted octanol–water partition coefficient (Wildman–Crippen LogP) is 2.74. The summed E-state index contributed by atoms with van der Waals surface area (Å²) in [5.41, 5.74) is 2.66. The highest BCUT2D eigenvalue weighted by Gasteiger charge is 2.26. The van der Waals surface area contributed by atoms with E-state index in [4.69, 9.17) is 5.11 Å². The summed E-state index contributed by atoms with van der Waals surface area (Å²) in [5, 5.41) is 14.2. The lowest BCUT2D eigenvalue weighted by molar-refractivity contribution is 0.0697. The molecule has 2 N–H and O–H groups in total. The van der Waals surface area contributed by atoms with Gasteiger partial charge in [0.1, 0.15) is 0 Å². The Morgan fingerprint density at radius 3 is 2.90 bits per heavy atom. The van der Waals surface area contributed by atoms with Gasteiger partial charge in [0.05, 0.1) is 11.3 Å². The van der Waals surface area contributed by atoms with E-state index in [1.54, 1.807) is 17.0 Å².